The zero-order chi connectivity index (χ0) is 22.6. The first-order valence-electron chi connectivity index (χ1n) is 10.5. The Labute approximate surface area is 186 Å². The van der Waals surface area contributed by atoms with E-state index in [1.807, 2.05) is 0 Å². The van der Waals surface area contributed by atoms with E-state index in [9.17, 15) is 28.3 Å². The normalized spacial score (nSPS) is 24.0. The maximum atomic E-state index is 13.8. The molecule has 2 aromatic rings. The zero-order valence-corrected chi connectivity index (χ0v) is 17.8. The molecule has 2 bridgehead atoms. The number of benzene rings is 1. The molecule has 2 N–H and O–H groups in total. The number of carbonyl (C=O) groups is 2. The van der Waals surface area contributed by atoms with Crippen molar-refractivity contribution < 1.29 is 23.5 Å². The molecule has 0 spiro atoms. The maximum Gasteiger partial charge on any atom is 0.275 e. The minimum atomic E-state index is -0.952. The molecule has 1 aromatic carbocycles. The average Bonchev–Trinajstić information content (AvgIpc) is 2.75. The van der Waals surface area contributed by atoms with Crippen molar-refractivity contribution in [2.75, 3.05) is 0 Å². The minimum Gasteiger partial charge on any atom is -0.503 e. The number of pyridine rings is 1. The molecule has 2 fully saturated rings. The third kappa shape index (κ3) is 3.46. The van der Waals surface area contributed by atoms with Crippen LogP contribution in [0, 0.1) is 11.6 Å². The summed E-state index contributed by atoms with van der Waals surface area (Å²) in [5.74, 6) is -3.52. The summed E-state index contributed by atoms with van der Waals surface area (Å²) < 4.78 is 28.4. The monoisotopic (exact) mass is 461 g/mol. The van der Waals surface area contributed by atoms with E-state index in [-0.39, 0.29) is 34.8 Å². The Morgan fingerprint density at radius 3 is 2.84 bits per heavy atom. The number of halogens is 2. The Balaban J connectivity index is 1.43. The van der Waals surface area contributed by atoms with Crippen LogP contribution >= 0.6 is 11.8 Å². The molecular weight excluding hydrogens is 440 g/mol. The lowest BCUT2D eigenvalue weighted by molar-refractivity contribution is 0.0496. The Kier molecular flexibility index (Phi) is 5.19. The van der Waals surface area contributed by atoms with E-state index < -0.39 is 34.6 Å². The minimum absolute atomic E-state index is 0.0537. The number of amides is 2. The van der Waals surface area contributed by atoms with Crippen molar-refractivity contribution in [3.63, 3.8) is 0 Å². The lowest BCUT2D eigenvalue weighted by Crippen LogP contribution is -2.57. The number of thioether (sulfide) groups is 1. The van der Waals surface area contributed by atoms with Gasteiger partial charge in [-0.2, -0.15) is 0 Å². The van der Waals surface area contributed by atoms with Gasteiger partial charge in [0.1, 0.15) is 17.2 Å². The van der Waals surface area contributed by atoms with Crippen molar-refractivity contribution in [3.05, 3.63) is 63.1 Å². The lowest BCUT2D eigenvalue weighted by atomic mass is 9.92. The van der Waals surface area contributed by atoms with E-state index in [1.54, 1.807) is 16.7 Å². The molecular formula is C22H21F2N3O4S. The fraction of sp³-hybridized carbons (Fsp3) is 0.409. The summed E-state index contributed by atoms with van der Waals surface area (Å²) in [6, 6.07) is 3.07. The van der Waals surface area contributed by atoms with E-state index in [2.05, 4.69) is 5.32 Å². The number of nitrogens with zero attached hydrogens (tertiary/aromatic N) is 2. The number of fused-ring (bicyclic) bond motifs is 5. The summed E-state index contributed by atoms with van der Waals surface area (Å²) in [5, 5.41) is 13.3. The highest BCUT2D eigenvalue weighted by atomic mass is 32.2. The number of aromatic nitrogens is 1. The van der Waals surface area contributed by atoms with Crippen LogP contribution in [-0.4, -0.2) is 43.1 Å². The van der Waals surface area contributed by atoms with Crippen molar-refractivity contribution in [2.24, 2.45) is 0 Å². The van der Waals surface area contributed by atoms with Crippen molar-refractivity contribution in [2.45, 2.75) is 55.4 Å². The topological polar surface area (TPSA) is 91.6 Å². The van der Waals surface area contributed by atoms with Crippen molar-refractivity contribution >= 4 is 23.6 Å². The Hall–Kier alpha value is -2.88. The van der Waals surface area contributed by atoms with Crippen molar-refractivity contribution in [1.29, 1.82) is 0 Å². The number of nitrogens with one attached hydrogen (secondary N) is 1. The second-order valence-corrected chi connectivity index (χ2v) is 9.87. The summed E-state index contributed by atoms with van der Waals surface area (Å²) in [4.78, 5) is 40.3. The number of rotatable bonds is 3. The van der Waals surface area contributed by atoms with Gasteiger partial charge in [0.05, 0.1) is 11.9 Å². The molecule has 1 aliphatic carbocycles. The van der Waals surface area contributed by atoms with Gasteiger partial charge < -0.3 is 19.9 Å². The number of hydrogen-bond donors (Lipinski definition) is 2. The molecule has 1 saturated carbocycles. The van der Waals surface area contributed by atoms with E-state index in [4.69, 9.17) is 0 Å². The van der Waals surface area contributed by atoms with E-state index >= 15 is 0 Å². The van der Waals surface area contributed by atoms with Crippen LogP contribution in [-0.2, 0) is 13.1 Å². The highest BCUT2D eigenvalue weighted by Crippen LogP contribution is 2.44. The van der Waals surface area contributed by atoms with E-state index in [0.717, 1.165) is 31.7 Å². The second-order valence-electron chi connectivity index (χ2n) is 8.39. The van der Waals surface area contributed by atoms with Gasteiger partial charge in [0, 0.05) is 35.7 Å². The van der Waals surface area contributed by atoms with Gasteiger partial charge >= 0.3 is 0 Å². The molecule has 2 aliphatic heterocycles. The van der Waals surface area contributed by atoms with Crippen LogP contribution < -0.4 is 10.7 Å². The van der Waals surface area contributed by atoms with Crippen LogP contribution in [0.15, 0.2) is 29.2 Å². The molecule has 7 nitrogen and oxygen atoms in total. The molecule has 168 valence electrons. The van der Waals surface area contributed by atoms with Gasteiger partial charge in [0.15, 0.2) is 11.4 Å². The van der Waals surface area contributed by atoms with Crippen LogP contribution in [0.25, 0.3) is 0 Å². The third-order valence-electron chi connectivity index (χ3n) is 6.40. The fourth-order valence-electron chi connectivity index (χ4n) is 4.85. The first kappa shape index (κ1) is 21.0. The quantitative estimate of drug-likeness (QED) is 0.733. The maximum absolute atomic E-state index is 13.8. The van der Waals surface area contributed by atoms with Gasteiger partial charge in [-0.25, -0.2) is 8.78 Å². The number of hydrogen-bond acceptors (Lipinski definition) is 5. The molecule has 5 rings (SSSR count). The molecule has 1 saturated heterocycles. The van der Waals surface area contributed by atoms with Crippen molar-refractivity contribution in [1.82, 2.24) is 14.8 Å². The van der Waals surface area contributed by atoms with Gasteiger partial charge in [-0.3, -0.25) is 14.4 Å². The summed E-state index contributed by atoms with van der Waals surface area (Å²) in [5.41, 5.74) is -1.34. The van der Waals surface area contributed by atoms with Gasteiger partial charge in [0.25, 0.3) is 11.8 Å². The largest absolute Gasteiger partial charge is 0.503 e. The lowest BCUT2D eigenvalue weighted by Gasteiger charge is -2.50. The van der Waals surface area contributed by atoms with E-state index in [0.29, 0.717) is 17.9 Å². The van der Waals surface area contributed by atoms with Crippen molar-refractivity contribution in [3.8, 4) is 5.75 Å². The van der Waals surface area contributed by atoms with Crippen LogP contribution in [0.3, 0.4) is 0 Å². The number of aromatic hydroxyl groups is 1. The standard InChI is InChI=1S/C22H21F2N3O4S/c23-12-5-4-11(16(24)6-12)8-25-21(30)15-9-26-10-17-27(13-2-1-3-14(7-13)32-17)22(31)18(26)20(29)19(15)28/h4-6,9,13-14,17,29H,1-3,7-8,10H2,(H,25,30)/t13-,14-,17?/m0/s1. The SMILES string of the molecule is O=C(NCc1ccc(F)cc1F)c1cn2c(c(O)c1=O)C(=O)N1C(C2)S[C@H]2CCC[C@H]1C2. The first-order chi connectivity index (χ1) is 15.3. The summed E-state index contributed by atoms with van der Waals surface area (Å²) in [7, 11) is 0. The molecule has 10 heteroatoms. The van der Waals surface area contributed by atoms with Gasteiger partial charge in [-0.1, -0.05) is 12.5 Å². The van der Waals surface area contributed by atoms with E-state index in [1.165, 1.54) is 16.8 Å². The Bertz CT molecular complexity index is 1180. The zero-order valence-electron chi connectivity index (χ0n) is 17.0. The van der Waals surface area contributed by atoms with Crippen LogP contribution in [0.1, 0.15) is 52.1 Å². The molecule has 3 atom stereocenters. The summed E-state index contributed by atoms with van der Waals surface area (Å²) >= 11 is 1.72. The Morgan fingerprint density at radius 2 is 2.06 bits per heavy atom. The predicted molar refractivity (Wildman–Crippen MR) is 113 cm³/mol. The Morgan fingerprint density at radius 1 is 1.25 bits per heavy atom. The van der Waals surface area contributed by atoms with Gasteiger partial charge in [-0.05, 0) is 25.3 Å². The summed E-state index contributed by atoms with van der Waals surface area (Å²) in [6.45, 7) is 0.0981. The van der Waals surface area contributed by atoms with Crippen LogP contribution in [0.2, 0.25) is 0 Å². The molecule has 1 aromatic heterocycles. The highest BCUT2D eigenvalue weighted by Gasteiger charge is 2.45. The summed E-state index contributed by atoms with van der Waals surface area (Å²) in [6.07, 6.45) is 5.26. The second kappa shape index (κ2) is 7.91. The fourth-order valence-corrected chi connectivity index (χ4v) is 6.58. The molecule has 3 heterocycles. The average molecular weight is 461 g/mol. The van der Waals surface area contributed by atoms with Gasteiger partial charge in [0.2, 0.25) is 5.43 Å². The third-order valence-corrected chi connectivity index (χ3v) is 7.90. The van der Waals surface area contributed by atoms with Crippen LogP contribution in [0.4, 0.5) is 8.78 Å². The molecule has 0 radical (unpaired) electrons. The molecule has 1 unspecified atom stereocenters. The molecule has 3 aliphatic rings. The predicted octanol–water partition coefficient (Wildman–Crippen LogP) is 2.60. The molecule has 2 amide bonds. The van der Waals surface area contributed by atoms with Crippen LogP contribution in [0.5, 0.6) is 5.75 Å². The first-order valence-corrected chi connectivity index (χ1v) is 11.4. The van der Waals surface area contributed by atoms with Gasteiger partial charge in [-0.15, -0.1) is 11.8 Å². The smallest absolute Gasteiger partial charge is 0.275 e. The number of carbonyl (C=O) groups excluding carboxylic acids is 2. The highest BCUT2D eigenvalue weighted by molar-refractivity contribution is 8.00. The molecule has 32 heavy (non-hydrogen) atoms.